The molecular weight excluding hydrogens is 286 g/mol. The molecule has 112 valence electrons. The highest BCUT2D eigenvalue weighted by molar-refractivity contribution is 7.99. The van der Waals surface area contributed by atoms with E-state index in [9.17, 15) is 18.7 Å². The topological polar surface area (TPSA) is 62.2 Å². The van der Waals surface area contributed by atoms with Crippen LogP contribution in [0.5, 0.6) is 0 Å². The summed E-state index contributed by atoms with van der Waals surface area (Å²) in [5, 5.41) is 12.3. The van der Waals surface area contributed by atoms with Crippen molar-refractivity contribution in [3.8, 4) is 0 Å². The molecule has 0 aromatic carbocycles. The van der Waals surface area contributed by atoms with Gasteiger partial charge in [0.1, 0.15) is 5.03 Å². The summed E-state index contributed by atoms with van der Waals surface area (Å²) in [5.41, 5.74) is 0.0918. The summed E-state index contributed by atoms with van der Waals surface area (Å²) in [6.45, 7) is 3.90. The number of halogens is 2. The first kappa shape index (κ1) is 16.8. The lowest BCUT2D eigenvalue weighted by atomic mass is 10.0. The van der Waals surface area contributed by atoms with E-state index in [1.54, 1.807) is 0 Å². The third-order valence-corrected chi connectivity index (χ3v) is 3.72. The van der Waals surface area contributed by atoms with Crippen LogP contribution in [-0.2, 0) is 0 Å². The van der Waals surface area contributed by atoms with Crippen molar-refractivity contribution in [2.24, 2.45) is 5.92 Å². The first-order valence-corrected chi connectivity index (χ1v) is 7.19. The van der Waals surface area contributed by atoms with Crippen LogP contribution in [0.4, 0.5) is 8.78 Å². The van der Waals surface area contributed by atoms with Gasteiger partial charge in [0.25, 0.3) is 11.7 Å². The summed E-state index contributed by atoms with van der Waals surface area (Å²) in [6.07, 6.45) is 1.48. The monoisotopic (exact) mass is 304 g/mol. The lowest BCUT2D eigenvalue weighted by molar-refractivity contribution is 0.0847. The normalized spacial score (nSPS) is 14.1. The third-order valence-electron chi connectivity index (χ3n) is 2.99. The van der Waals surface area contributed by atoms with E-state index in [1.807, 2.05) is 13.8 Å². The largest absolute Gasteiger partial charge is 0.391 e. The van der Waals surface area contributed by atoms with Crippen LogP contribution in [0.25, 0.3) is 0 Å². The number of hydrogen-bond donors (Lipinski definition) is 2. The van der Waals surface area contributed by atoms with E-state index in [0.717, 1.165) is 6.42 Å². The lowest BCUT2D eigenvalue weighted by Gasteiger charge is -2.17. The number of pyridine rings is 1. The molecule has 20 heavy (non-hydrogen) atoms. The Morgan fingerprint density at radius 1 is 1.55 bits per heavy atom. The predicted octanol–water partition coefficient (Wildman–Crippen LogP) is 2.53. The van der Waals surface area contributed by atoms with Crippen molar-refractivity contribution in [2.45, 2.75) is 37.2 Å². The summed E-state index contributed by atoms with van der Waals surface area (Å²) in [5.74, 6) is -3.09. The number of nitrogens with one attached hydrogen (secondary N) is 1. The molecule has 0 saturated carbocycles. The number of aliphatic hydroxyl groups is 1. The van der Waals surface area contributed by atoms with Crippen molar-refractivity contribution in [1.82, 2.24) is 10.3 Å². The Morgan fingerprint density at radius 2 is 2.25 bits per heavy atom. The van der Waals surface area contributed by atoms with Crippen molar-refractivity contribution in [3.63, 3.8) is 0 Å². The molecule has 4 nitrogen and oxygen atoms in total. The second-order valence-corrected chi connectivity index (χ2v) is 5.38. The molecular formula is C13H18F2N2O2S. The molecule has 0 fully saturated rings. The molecule has 0 spiro atoms. The number of carbonyl (C=O) groups is 1. The number of hydrogen-bond acceptors (Lipinski definition) is 4. The summed E-state index contributed by atoms with van der Waals surface area (Å²) in [4.78, 5) is 15.7. The number of aromatic nitrogens is 1. The molecule has 7 heteroatoms. The highest BCUT2D eigenvalue weighted by Gasteiger charge is 2.18. The van der Waals surface area contributed by atoms with Crippen LogP contribution in [-0.4, -0.2) is 34.4 Å². The van der Waals surface area contributed by atoms with E-state index in [-0.39, 0.29) is 34.8 Å². The third kappa shape index (κ3) is 5.05. The van der Waals surface area contributed by atoms with Crippen molar-refractivity contribution in [3.05, 3.63) is 23.9 Å². The lowest BCUT2D eigenvalue weighted by Crippen LogP contribution is -2.35. The zero-order valence-corrected chi connectivity index (χ0v) is 12.2. The fourth-order valence-corrected chi connectivity index (χ4v) is 2.09. The molecule has 0 radical (unpaired) electrons. The van der Waals surface area contributed by atoms with Gasteiger partial charge in [0.05, 0.1) is 11.7 Å². The van der Waals surface area contributed by atoms with E-state index in [4.69, 9.17) is 0 Å². The summed E-state index contributed by atoms with van der Waals surface area (Å²) in [6, 6.07) is 2.94. The molecule has 2 atom stereocenters. The van der Waals surface area contributed by atoms with Gasteiger partial charge in [0.2, 0.25) is 0 Å². The number of amides is 1. The maximum Gasteiger partial charge on any atom is 0.290 e. The number of aliphatic hydroxyl groups excluding tert-OH is 1. The van der Waals surface area contributed by atoms with Crippen molar-refractivity contribution in [1.29, 1.82) is 0 Å². The zero-order valence-electron chi connectivity index (χ0n) is 11.3. The Bertz CT molecular complexity index is 446. The number of nitrogens with zero attached hydrogens (tertiary/aromatic N) is 1. The average molecular weight is 304 g/mol. The Hall–Kier alpha value is -1.21. The van der Waals surface area contributed by atoms with Gasteiger partial charge in [-0.05, 0) is 29.8 Å². The van der Waals surface area contributed by atoms with Crippen LogP contribution >= 0.6 is 11.8 Å². The van der Waals surface area contributed by atoms with Gasteiger partial charge in [-0.2, -0.15) is 8.78 Å². The van der Waals surface area contributed by atoms with Crippen LogP contribution in [0.3, 0.4) is 0 Å². The Balaban J connectivity index is 2.68. The molecule has 2 unspecified atom stereocenters. The maximum absolute atomic E-state index is 12.4. The standard InChI is InChI=1S/C13H18F2N2O2S/c1-3-8(2)10(18)7-17-11(19)9-5-4-6-16-12(9)20-13(14)15/h4-6,8,10,13,18H,3,7H2,1-2H3,(H,17,19). The quantitative estimate of drug-likeness (QED) is 0.760. The molecule has 2 N–H and O–H groups in total. The van der Waals surface area contributed by atoms with Gasteiger partial charge in [-0.25, -0.2) is 4.98 Å². The molecule has 0 saturated heterocycles. The number of thioether (sulfide) groups is 1. The molecule has 1 amide bonds. The SMILES string of the molecule is CCC(C)C(O)CNC(=O)c1cccnc1SC(F)F. The van der Waals surface area contributed by atoms with Gasteiger partial charge in [-0.1, -0.05) is 20.3 Å². The van der Waals surface area contributed by atoms with E-state index >= 15 is 0 Å². The molecule has 0 aliphatic carbocycles. The van der Waals surface area contributed by atoms with Gasteiger partial charge < -0.3 is 10.4 Å². The van der Waals surface area contributed by atoms with Crippen LogP contribution in [0.2, 0.25) is 0 Å². The Kier molecular flexibility index (Phi) is 6.87. The first-order chi connectivity index (χ1) is 9.45. The predicted molar refractivity (Wildman–Crippen MR) is 73.9 cm³/mol. The van der Waals surface area contributed by atoms with Crippen LogP contribution in [0.15, 0.2) is 23.4 Å². The number of carbonyl (C=O) groups excluding carboxylic acids is 1. The van der Waals surface area contributed by atoms with Crippen molar-refractivity contribution < 1.29 is 18.7 Å². The van der Waals surface area contributed by atoms with Crippen LogP contribution in [0, 0.1) is 5.92 Å². The van der Waals surface area contributed by atoms with E-state index in [0.29, 0.717) is 0 Å². The smallest absolute Gasteiger partial charge is 0.290 e. The average Bonchev–Trinajstić information content (AvgIpc) is 2.43. The van der Waals surface area contributed by atoms with Crippen molar-refractivity contribution in [2.75, 3.05) is 6.54 Å². The van der Waals surface area contributed by atoms with Gasteiger partial charge in [-0.15, -0.1) is 0 Å². The summed E-state index contributed by atoms with van der Waals surface area (Å²) >= 11 is 0.231. The Morgan fingerprint density at radius 3 is 2.85 bits per heavy atom. The summed E-state index contributed by atoms with van der Waals surface area (Å²) in [7, 11) is 0. The Labute approximate surface area is 121 Å². The van der Waals surface area contributed by atoms with E-state index in [2.05, 4.69) is 10.3 Å². The highest BCUT2D eigenvalue weighted by Crippen LogP contribution is 2.26. The molecule has 0 aliphatic rings. The fourth-order valence-electron chi connectivity index (χ4n) is 1.51. The summed E-state index contributed by atoms with van der Waals surface area (Å²) < 4.78 is 24.8. The van der Waals surface area contributed by atoms with Gasteiger partial charge in [0, 0.05) is 12.7 Å². The van der Waals surface area contributed by atoms with Crippen molar-refractivity contribution >= 4 is 17.7 Å². The van der Waals surface area contributed by atoms with E-state index < -0.39 is 17.8 Å². The maximum atomic E-state index is 12.4. The minimum absolute atomic E-state index is 0.0157. The second kappa shape index (κ2) is 8.16. The minimum atomic E-state index is -2.64. The zero-order chi connectivity index (χ0) is 15.1. The van der Waals surface area contributed by atoms with Crippen LogP contribution in [0.1, 0.15) is 30.6 Å². The molecule has 1 aromatic rings. The highest BCUT2D eigenvalue weighted by atomic mass is 32.2. The minimum Gasteiger partial charge on any atom is -0.391 e. The second-order valence-electron chi connectivity index (χ2n) is 4.40. The number of rotatable bonds is 7. The molecule has 1 heterocycles. The van der Waals surface area contributed by atoms with Gasteiger partial charge >= 0.3 is 0 Å². The molecule has 0 bridgehead atoms. The van der Waals surface area contributed by atoms with Gasteiger partial charge in [0.15, 0.2) is 0 Å². The number of alkyl halides is 2. The molecule has 1 aromatic heterocycles. The molecule has 0 aliphatic heterocycles. The van der Waals surface area contributed by atoms with Crippen LogP contribution < -0.4 is 5.32 Å². The molecule has 1 rings (SSSR count). The first-order valence-electron chi connectivity index (χ1n) is 6.31. The van der Waals surface area contributed by atoms with E-state index in [1.165, 1.54) is 18.3 Å². The fraction of sp³-hybridized carbons (Fsp3) is 0.538. The van der Waals surface area contributed by atoms with Gasteiger partial charge in [-0.3, -0.25) is 4.79 Å².